The first-order valence-corrected chi connectivity index (χ1v) is 8.46. The number of nitrogens with one attached hydrogen (secondary N) is 1. The van der Waals surface area contributed by atoms with Gasteiger partial charge in [-0.05, 0) is 30.8 Å². The van der Waals surface area contributed by atoms with Gasteiger partial charge in [-0.15, -0.1) is 11.3 Å². The quantitative estimate of drug-likeness (QED) is 0.823. The number of thiazole rings is 1. The Balaban J connectivity index is 1.95. The van der Waals surface area contributed by atoms with Crippen LogP contribution in [0.25, 0.3) is 0 Å². The normalized spacial score (nSPS) is 11.2. The van der Waals surface area contributed by atoms with Crippen molar-refractivity contribution in [2.45, 2.75) is 26.6 Å². The Morgan fingerprint density at radius 2 is 2.20 bits per heavy atom. The second kappa shape index (κ2) is 7.88. The number of rotatable bonds is 7. The fourth-order valence-electron chi connectivity index (χ4n) is 2.04. The fraction of sp³-hybridized carbons (Fsp3) is 0.400. The molecule has 0 aliphatic rings. The molecule has 3 nitrogen and oxygen atoms in total. The van der Waals surface area contributed by atoms with Gasteiger partial charge in [0.15, 0.2) is 0 Å². The van der Waals surface area contributed by atoms with Crippen LogP contribution in [0.2, 0.25) is 0 Å². The van der Waals surface area contributed by atoms with Gasteiger partial charge in [0, 0.05) is 29.5 Å². The summed E-state index contributed by atoms with van der Waals surface area (Å²) in [6.45, 7) is 5.84. The van der Waals surface area contributed by atoms with Crippen LogP contribution in [0.3, 0.4) is 0 Å². The molecule has 0 spiro atoms. The minimum absolute atomic E-state index is 0.884. The van der Waals surface area contributed by atoms with Crippen molar-refractivity contribution in [2.24, 2.45) is 0 Å². The maximum absolute atomic E-state index is 4.32. The van der Waals surface area contributed by atoms with Crippen LogP contribution in [0, 0.1) is 0 Å². The summed E-state index contributed by atoms with van der Waals surface area (Å²) in [5.74, 6) is 0. The summed E-state index contributed by atoms with van der Waals surface area (Å²) in [7, 11) is 2.12. The Hall–Kier alpha value is -0.750. The van der Waals surface area contributed by atoms with Crippen molar-refractivity contribution in [1.82, 2.24) is 15.2 Å². The lowest BCUT2D eigenvalue weighted by atomic mass is 10.1. The number of hydrogen-bond donors (Lipinski definition) is 1. The molecule has 1 heterocycles. The monoisotopic (exact) mass is 353 g/mol. The van der Waals surface area contributed by atoms with Crippen molar-refractivity contribution < 1.29 is 0 Å². The summed E-state index contributed by atoms with van der Waals surface area (Å²) in [5, 5.41) is 5.45. The zero-order valence-electron chi connectivity index (χ0n) is 11.9. The van der Waals surface area contributed by atoms with E-state index in [4.69, 9.17) is 0 Å². The lowest BCUT2D eigenvalue weighted by Crippen LogP contribution is -2.18. The highest BCUT2D eigenvalue weighted by Crippen LogP contribution is 2.20. The molecule has 0 saturated heterocycles. The molecule has 0 unspecified atom stereocenters. The lowest BCUT2D eigenvalue weighted by Gasteiger charge is -2.17. The second-order valence-corrected chi connectivity index (χ2v) is 6.43. The minimum atomic E-state index is 0.884. The first-order valence-electron chi connectivity index (χ1n) is 6.72. The van der Waals surface area contributed by atoms with Crippen LogP contribution in [0.15, 0.2) is 33.6 Å². The third-order valence-corrected chi connectivity index (χ3v) is 4.43. The van der Waals surface area contributed by atoms with Crippen LogP contribution in [-0.4, -0.2) is 23.5 Å². The Morgan fingerprint density at radius 1 is 1.35 bits per heavy atom. The predicted octanol–water partition coefficient (Wildman–Crippen LogP) is 3.65. The van der Waals surface area contributed by atoms with E-state index in [1.807, 2.05) is 5.51 Å². The molecule has 1 N–H and O–H groups in total. The minimum Gasteiger partial charge on any atom is -0.313 e. The Bertz CT molecular complexity index is 528. The van der Waals surface area contributed by atoms with Gasteiger partial charge in [-0.1, -0.05) is 35.0 Å². The molecule has 0 bridgehead atoms. The summed E-state index contributed by atoms with van der Waals surface area (Å²) < 4.78 is 1.18. The van der Waals surface area contributed by atoms with Crippen molar-refractivity contribution in [3.05, 3.63) is 50.4 Å². The highest BCUT2D eigenvalue weighted by atomic mass is 79.9. The van der Waals surface area contributed by atoms with Gasteiger partial charge in [0.05, 0.1) is 11.2 Å². The van der Waals surface area contributed by atoms with Crippen LogP contribution < -0.4 is 5.32 Å². The summed E-state index contributed by atoms with van der Waals surface area (Å²) in [6.07, 6.45) is 0. The summed E-state index contributed by atoms with van der Waals surface area (Å²) >= 11 is 5.32. The average molecular weight is 354 g/mol. The zero-order valence-corrected chi connectivity index (χ0v) is 14.3. The van der Waals surface area contributed by atoms with Crippen molar-refractivity contribution >= 4 is 27.3 Å². The van der Waals surface area contributed by atoms with E-state index in [9.17, 15) is 0 Å². The van der Waals surface area contributed by atoms with E-state index in [2.05, 4.69) is 68.7 Å². The van der Waals surface area contributed by atoms with Gasteiger partial charge >= 0.3 is 0 Å². The average Bonchev–Trinajstić information content (AvgIpc) is 2.92. The van der Waals surface area contributed by atoms with Crippen molar-refractivity contribution in [1.29, 1.82) is 0 Å². The summed E-state index contributed by atoms with van der Waals surface area (Å²) in [5.41, 5.74) is 5.64. The molecule has 0 saturated carbocycles. The third kappa shape index (κ3) is 4.66. The van der Waals surface area contributed by atoms with Crippen molar-refractivity contribution in [3.8, 4) is 0 Å². The molecule has 1 aromatic heterocycles. The van der Waals surface area contributed by atoms with Crippen LogP contribution >= 0.6 is 27.3 Å². The number of nitrogens with zero attached hydrogens (tertiary/aromatic N) is 2. The fourth-order valence-corrected chi connectivity index (χ4v) is 3.14. The van der Waals surface area contributed by atoms with Crippen LogP contribution in [0.4, 0.5) is 0 Å². The molecule has 0 fully saturated rings. The molecule has 108 valence electrons. The lowest BCUT2D eigenvalue weighted by molar-refractivity contribution is 0.315. The van der Waals surface area contributed by atoms with E-state index in [0.29, 0.717) is 0 Å². The molecule has 0 amide bonds. The molecular weight excluding hydrogens is 334 g/mol. The summed E-state index contributed by atoms with van der Waals surface area (Å²) in [6, 6.07) is 6.60. The van der Waals surface area contributed by atoms with E-state index in [0.717, 1.165) is 31.9 Å². The van der Waals surface area contributed by atoms with Gasteiger partial charge in [0.2, 0.25) is 0 Å². The largest absolute Gasteiger partial charge is 0.313 e. The molecule has 5 heteroatoms. The highest BCUT2D eigenvalue weighted by molar-refractivity contribution is 9.10. The Morgan fingerprint density at radius 3 is 2.85 bits per heavy atom. The number of aromatic nitrogens is 1. The topological polar surface area (TPSA) is 28.2 Å². The molecular formula is C15H20BrN3S. The SMILES string of the molecule is CCNCc1ccc(CN(C)Cc2cscn2)c(Br)c1. The molecule has 0 aliphatic heterocycles. The number of halogens is 1. The Labute approximate surface area is 133 Å². The number of benzene rings is 1. The first kappa shape index (κ1) is 15.6. The van der Waals surface area contributed by atoms with E-state index in [1.165, 1.54) is 15.6 Å². The summed E-state index contributed by atoms with van der Waals surface area (Å²) in [4.78, 5) is 6.60. The smallest absolute Gasteiger partial charge is 0.0795 e. The van der Waals surface area contributed by atoms with Gasteiger partial charge in [0.25, 0.3) is 0 Å². The molecule has 2 rings (SSSR count). The van der Waals surface area contributed by atoms with Gasteiger partial charge in [-0.3, -0.25) is 4.90 Å². The van der Waals surface area contributed by atoms with Crippen LogP contribution in [-0.2, 0) is 19.6 Å². The molecule has 0 radical (unpaired) electrons. The van der Waals surface area contributed by atoms with E-state index >= 15 is 0 Å². The molecule has 1 aromatic carbocycles. The van der Waals surface area contributed by atoms with Crippen LogP contribution in [0.1, 0.15) is 23.7 Å². The third-order valence-electron chi connectivity index (χ3n) is 3.05. The second-order valence-electron chi connectivity index (χ2n) is 4.86. The van der Waals surface area contributed by atoms with Gasteiger partial charge in [-0.25, -0.2) is 4.98 Å². The van der Waals surface area contributed by atoms with E-state index in [-0.39, 0.29) is 0 Å². The van der Waals surface area contributed by atoms with E-state index in [1.54, 1.807) is 11.3 Å². The molecule has 0 aliphatic carbocycles. The van der Waals surface area contributed by atoms with E-state index < -0.39 is 0 Å². The standard InChI is InChI=1S/C15H20BrN3S/c1-3-17-7-12-4-5-13(15(16)6-12)8-19(2)9-14-10-20-11-18-14/h4-6,10-11,17H,3,7-9H2,1-2H3. The number of hydrogen-bond acceptors (Lipinski definition) is 4. The predicted molar refractivity (Wildman–Crippen MR) is 88.8 cm³/mol. The van der Waals surface area contributed by atoms with Gasteiger partial charge in [-0.2, -0.15) is 0 Å². The highest BCUT2D eigenvalue weighted by Gasteiger charge is 2.07. The van der Waals surface area contributed by atoms with Crippen molar-refractivity contribution in [2.75, 3.05) is 13.6 Å². The van der Waals surface area contributed by atoms with Gasteiger partial charge in [0.1, 0.15) is 0 Å². The first-order chi connectivity index (χ1) is 9.69. The van der Waals surface area contributed by atoms with Gasteiger partial charge < -0.3 is 5.32 Å². The molecule has 2 aromatic rings. The maximum atomic E-state index is 4.32. The maximum Gasteiger partial charge on any atom is 0.0795 e. The molecule has 20 heavy (non-hydrogen) atoms. The van der Waals surface area contributed by atoms with Crippen molar-refractivity contribution in [3.63, 3.8) is 0 Å². The van der Waals surface area contributed by atoms with Crippen LogP contribution in [0.5, 0.6) is 0 Å². The zero-order chi connectivity index (χ0) is 14.4. The Kier molecular flexibility index (Phi) is 6.16. The molecule has 0 atom stereocenters.